The summed E-state index contributed by atoms with van der Waals surface area (Å²) in [4.78, 5) is 3.26. The SMILES string of the molecule is NC[C@H]1C[C@@H](c2c[nH]c3ccc(F)cc23)c2ccccc21. The largest absolute Gasteiger partial charge is 0.361 e. The molecule has 0 saturated carbocycles. The van der Waals surface area contributed by atoms with Crippen LogP contribution in [0.4, 0.5) is 4.39 Å². The molecule has 0 aliphatic heterocycles. The zero-order valence-corrected chi connectivity index (χ0v) is 11.6. The molecule has 106 valence electrons. The van der Waals surface area contributed by atoms with Gasteiger partial charge in [0.05, 0.1) is 0 Å². The number of H-pyrrole nitrogens is 1. The molecule has 0 saturated heterocycles. The number of hydrogen-bond acceptors (Lipinski definition) is 1. The molecule has 3 heteroatoms. The third-order valence-corrected chi connectivity index (χ3v) is 4.67. The quantitative estimate of drug-likeness (QED) is 0.735. The first-order valence-electron chi connectivity index (χ1n) is 7.33. The van der Waals surface area contributed by atoms with E-state index in [4.69, 9.17) is 5.73 Å². The Morgan fingerprint density at radius 2 is 1.90 bits per heavy atom. The molecule has 0 amide bonds. The number of halogens is 1. The van der Waals surface area contributed by atoms with Gasteiger partial charge in [-0.25, -0.2) is 4.39 Å². The summed E-state index contributed by atoms with van der Waals surface area (Å²) in [6.07, 6.45) is 3.02. The first-order chi connectivity index (χ1) is 10.3. The maximum Gasteiger partial charge on any atom is 0.123 e. The van der Waals surface area contributed by atoms with Gasteiger partial charge in [0.1, 0.15) is 5.82 Å². The molecule has 2 aromatic carbocycles. The summed E-state index contributed by atoms with van der Waals surface area (Å²) in [7, 11) is 0. The lowest BCUT2D eigenvalue weighted by molar-refractivity contribution is 0.628. The van der Waals surface area contributed by atoms with Gasteiger partial charge in [-0.3, -0.25) is 0 Å². The van der Waals surface area contributed by atoms with Crippen molar-refractivity contribution in [3.63, 3.8) is 0 Å². The molecule has 21 heavy (non-hydrogen) atoms. The molecule has 0 bridgehead atoms. The van der Waals surface area contributed by atoms with E-state index in [1.54, 1.807) is 12.1 Å². The number of nitrogens with one attached hydrogen (secondary N) is 1. The Balaban J connectivity index is 1.88. The van der Waals surface area contributed by atoms with Gasteiger partial charge in [-0.2, -0.15) is 0 Å². The lowest BCUT2D eigenvalue weighted by Crippen LogP contribution is -2.09. The summed E-state index contributed by atoms with van der Waals surface area (Å²) in [5, 5.41) is 0.979. The summed E-state index contributed by atoms with van der Waals surface area (Å²) in [6, 6.07) is 13.4. The van der Waals surface area contributed by atoms with Crippen molar-refractivity contribution < 1.29 is 4.39 Å². The molecule has 3 N–H and O–H groups in total. The van der Waals surface area contributed by atoms with E-state index in [0.29, 0.717) is 18.4 Å². The number of rotatable bonds is 2. The minimum atomic E-state index is -0.190. The van der Waals surface area contributed by atoms with Gasteiger partial charge >= 0.3 is 0 Å². The van der Waals surface area contributed by atoms with Gasteiger partial charge in [0, 0.05) is 23.0 Å². The maximum absolute atomic E-state index is 13.6. The number of fused-ring (bicyclic) bond motifs is 2. The average Bonchev–Trinajstić information content (AvgIpc) is 3.07. The van der Waals surface area contributed by atoms with Gasteiger partial charge in [0.15, 0.2) is 0 Å². The van der Waals surface area contributed by atoms with Gasteiger partial charge in [0.25, 0.3) is 0 Å². The van der Waals surface area contributed by atoms with Crippen LogP contribution in [0, 0.1) is 5.82 Å². The Labute approximate surface area is 122 Å². The van der Waals surface area contributed by atoms with Gasteiger partial charge in [-0.05, 0) is 53.8 Å². The Kier molecular flexibility index (Phi) is 2.82. The molecular weight excluding hydrogens is 263 g/mol. The molecule has 1 aromatic heterocycles. The average molecular weight is 280 g/mol. The molecule has 1 aliphatic carbocycles. The summed E-state index contributed by atoms with van der Waals surface area (Å²) in [5.41, 5.74) is 10.8. The zero-order valence-electron chi connectivity index (χ0n) is 11.6. The molecule has 0 fully saturated rings. The summed E-state index contributed by atoms with van der Waals surface area (Å²) in [6.45, 7) is 0.657. The van der Waals surface area contributed by atoms with Gasteiger partial charge in [0.2, 0.25) is 0 Å². The van der Waals surface area contributed by atoms with Crippen molar-refractivity contribution in [2.45, 2.75) is 18.3 Å². The third-order valence-electron chi connectivity index (χ3n) is 4.67. The molecule has 0 unspecified atom stereocenters. The fourth-order valence-electron chi connectivity index (χ4n) is 3.66. The van der Waals surface area contributed by atoms with Crippen LogP contribution in [0.5, 0.6) is 0 Å². The van der Waals surface area contributed by atoms with Crippen molar-refractivity contribution in [2.24, 2.45) is 5.73 Å². The van der Waals surface area contributed by atoms with Crippen molar-refractivity contribution >= 4 is 10.9 Å². The van der Waals surface area contributed by atoms with E-state index in [1.807, 2.05) is 6.20 Å². The number of nitrogens with two attached hydrogens (primary N) is 1. The fraction of sp³-hybridized carbons (Fsp3) is 0.222. The number of benzene rings is 2. The molecule has 1 heterocycles. The Morgan fingerprint density at radius 1 is 1.10 bits per heavy atom. The first-order valence-corrected chi connectivity index (χ1v) is 7.33. The standard InChI is InChI=1S/C18H17FN2/c19-12-5-6-18-16(8-12)17(10-21-18)15-7-11(9-20)13-3-1-2-4-14(13)15/h1-6,8,10-11,15,21H,7,9,20H2/t11-,15-/m1/s1. The van der Waals surface area contributed by atoms with E-state index < -0.39 is 0 Å². The van der Waals surface area contributed by atoms with Crippen molar-refractivity contribution in [2.75, 3.05) is 6.54 Å². The van der Waals surface area contributed by atoms with Gasteiger partial charge < -0.3 is 10.7 Å². The minimum absolute atomic E-state index is 0.190. The van der Waals surface area contributed by atoms with Crippen LogP contribution in [-0.4, -0.2) is 11.5 Å². The van der Waals surface area contributed by atoms with Crippen LogP contribution < -0.4 is 5.73 Å². The minimum Gasteiger partial charge on any atom is -0.361 e. The highest BCUT2D eigenvalue weighted by Gasteiger charge is 2.32. The molecule has 3 aromatic rings. The predicted molar refractivity (Wildman–Crippen MR) is 83.0 cm³/mol. The number of hydrogen-bond donors (Lipinski definition) is 2. The van der Waals surface area contributed by atoms with E-state index in [0.717, 1.165) is 17.3 Å². The second-order valence-electron chi connectivity index (χ2n) is 5.78. The zero-order chi connectivity index (χ0) is 14.4. The number of aromatic amines is 1. The highest BCUT2D eigenvalue weighted by molar-refractivity contribution is 5.84. The summed E-state index contributed by atoms with van der Waals surface area (Å²) < 4.78 is 13.6. The van der Waals surface area contributed by atoms with Crippen LogP contribution in [0.25, 0.3) is 10.9 Å². The molecule has 0 spiro atoms. The van der Waals surface area contributed by atoms with Gasteiger partial charge in [-0.15, -0.1) is 0 Å². The van der Waals surface area contributed by atoms with Crippen LogP contribution >= 0.6 is 0 Å². The van der Waals surface area contributed by atoms with E-state index in [9.17, 15) is 4.39 Å². The van der Waals surface area contributed by atoms with Crippen LogP contribution in [0.1, 0.15) is 34.9 Å². The maximum atomic E-state index is 13.6. The van der Waals surface area contributed by atoms with E-state index >= 15 is 0 Å². The van der Waals surface area contributed by atoms with Crippen LogP contribution in [0.15, 0.2) is 48.7 Å². The Morgan fingerprint density at radius 3 is 2.71 bits per heavy atom. The molecule has 2 atom stereocenters. The monoisotopic (exact) mass is 280 g/mol. The van der Waals surface area contributed by atoms with Crippen molar-refractivity contribution in [1.82, 2.24) is 4.98 Å². The smallest absolute Gasteiger partial charge is 0.123 e. The van der Waals surface area contributed by atoms with Crippen LogP contribution in [0.3, 0.4) is 0 Å². The molecule has 1 aliphatic rings. The van der Waals surface area contributed by atoms with Crippen molar-refractivity contribution in [3.8, 4) is 0 Å². The fourth-order valence-corrected chi connectivity index (χ4v) is 3.66. The molecule has 0 radical (unpaired) electrons. The van der Waals surface area contributed by atoms with Crippen LogP contribution in [-0.2, 0) is 0 Å². The second kappa shape index (κ2) is 4.71. The lowest BCUT2D eigenvalue weighted by atomic mass is 9.92. The molecule has 4 rings (SSSR count). The third kappa shape index (κ3) is 1.88. The Hall–Kier alpha value is -2.13. The molecule has 2 nitrogen and oxygen atoms in total. The normalized spacial score (nSPS) is 20.9. The van der Waals surface area contributed by atoms with Crippen molar-refractivity contribution in [1.29, 1.82) is 0 Å². The highest BCUT2D eigenvalue weighted by atomic mass is 19.1. The second-order valence-corrected chi connectivity index (χ2v) is 5.78. The van der Waals surface area contributed by atoms with Crippen molar-refractivity contribution in [3.05, 3.63) is 71.2 Å². The van der Waals surface area contributed by atoms with E-state index in [1.165, 1.54) is 22.8 Å². The van der Waals surface area contributed by atoms with Crippen LogP contribution in [0.2, 0.25) is 0 Å². The molecular formula is C18H17FN2. The van der Waals surface area contributed by atoms with E-state index in [-0.39, 0.29) is 5.82 Å². The Bertz CT molecular complexity index is 806. The van der Waals surface area contributed by atoms with Gasteiger partial charge in [-0.1, -0.05) is 24.3 Å². The summed E-state index contributed by atoms with van der Waals surface area (Å²) >= 11 is 0. The number of aromatic nitrogens is 1. The predicted octanol–water partition coefficient (Wildman–Crippen LogP) is 3.88. The topological polar surface area (TPSA) is 41.8 Å². The summed E-state index contributed by atoms with van der Waals surface area (Å²) in [5.74, 6) is 0.500. The first kappa shape index (κ1) is 12.6. The lowest BCUT2D eigenvalue weighted by Gasteiger charge is -2.11. The highest BCUT2D eigenvalue weighted by Crippen LogP contribution is 2.46. The van der Waals surface area contributed by atoms with E-state index in [2.05, 4.69) is 29.2 Å².